The van der Waals surface area contributed by atoms with Crippen LogP contribution in [0.1, 0.15) is 31.4 Å². The van der Waals surface area contributed by atoms with Gasteiger partial charge in [-0.25, -0.2) is 9.69 Å². The third kappa shape index (κ3) is 4.42. The standard InChI is InChI=1S/C25H22ClF3N2O3/c1-24(2)22(32)31(20-14-17(25(27,28)29)12-13-19(20)26)23(33)30(24)15-16-8-6-7-11-21(16)34-18-9-4-3-5-10-18/h3-9,11-14,18H,10,15H2,1-2H3. The smallest absolute Gasteiger partial charge is 0.416 e. The van der Waals surface area contributed by atoms with Crippen molar-refractivity contribution in [3.63, 3.8) is 0 Å². The van der Waals surface area contributed by atoms with E-state index in [1.165, 1.54) is 4.90 Å². The van der Waals surface area contributed by atoms with Crippen LogP contribution in [0.25, 0.3) is 0 Å². The van der Waals surface area contributed by atoms with E-state index in [0.29, 0.717) is 17.7 Å². The lowest BCUT2D eigenvalue weighted by Gasteiger charge is -2.29. The van der Waals surface area contributed by atoms with Crippen LogP contribution in [-0.4, -0.2) is 28.5 Å². The van der Waals surface area contributed by atoms with Gasteiger partial charge in [0.05, 0.1) is 22.8 Å². The lowest BCUT2D eigenvalue weighted by Crippen LogP contribution is -2.43. The number of amides is 3. The Balaban J connectivity index is 1.66. The van der Waals surface area contributed by atoms with Crippen LogP contribution in [0.4, 0.5) is 23.7 Å². The molecule has 1 heterocycles. The third-order valence-corrected chi connectivity index (χ3v) is 6.18. The fourth-order valence-corrected chi connectivity index (χ4v) is 4.10. The van der Waals surface area contributed by atoms with Crippen molar-refractivity contribution < 1.29 is 27.5 Å². The van der Waals surface area contributed by atoms with Gasteiger partial charge in [0.1, 0.15) is 17.4 Å². The normalized spacial score (nSPS) is 19.8. The van der Waals surface area contributed by atoms with Crippen LogP contribution in [0.3, 0.4) is 0 Å². The zero-order chi connectivity index (χ0) is 24.7. The third-order valence-electron chi connectivity index (χ3n) is 5.86. The van der Waals surface area contributed by atoms with Crippen molar-refractivity contribution in [2.45, 2.75) is 44.6 Å². The number of ether oxygens (including phenoxy) is 1. The molecule has 3 amide bonds. The molecular formula is C25H22ClF3N2O3. The van der Waals surface area contributed by atoms with Crippen LogP contribution >= 0.6 is 11.6 Å². The van der Waals surface area contributed by atoms with E-state index >= 15 is 0 Å². The van der Waals surface area contributed by atoms with Crippen LogP contribution in [0.5, 0.6) is 5.75 Å². The van der Waals surface area contributed by atoms with Gasteiger partial charge in [-0.3, -0.25) is 4.79 Å². The highest BCUT2D eigenvalue weighted by molar-refractivity contribution is 6.36. The van der Waals surface area contributed by atoms with Crippen molar-refractivity contribution in [3.8, 4) is 5.75 Å². The highest BCUT2D eigenvalue weighted by Crippen LogP contribution is 2.40. The first-order valence-corrected chi connectivity index (χ1v) is 11.0. The number of urea groups is 1. The molecule has 5 nitrogen and oxygen atoms in total. The van der Waals surface area contributed by atoms with Gasteiger partial charge in [0, 0.05) is 12.0 Å². The number of imide groups is 1. The Labute approximate surface area is 200 Å². The number of nitrogens with zero attached hydrogens (tertiary/aromatic N) is 2. The van der Waals surface area contributed by atoms with Gasteiger partial charge >= 0.3 is 12.2 Å². The molecule has 0 saturated carbocycles. The number of hydrogen-bond donors (Lipinski definition) is 0. The lowest BCUT2D eigenvalue weighted by molar-refractivity contribution is -0.137. The van der Waals surface area contributed by atoms with Crippen molar-refractivity contribution in [1.29, 1.82) is 0 Å². The fraction of sp³-hybridized carbons (Fsp3) is 0.280. The summed E-state index contributed by atoms with van der Waals surface area (Å²) in [6, 6.07) is 8.95. The van der Waals surface area contributed by atoms with Crippen LogP contribution in [0.15, 0.2) is 66.8 Å². The van der Waals surface area contributed by atoms with E-state index in [0.717, 1.165) is 23.1 Å². The van der Waals surface area contributed by atoms with Crippen molar-refractivity contribution in [2.75, 3.05) is 4.90 Å². The molecule has 2 aliphatic rings. The number of halogens is 4. The number of benzene rings is 2. The number of para-hydroxylation sites is 1. The minimum atomic E-state index is -4.65. The summed E-state index contributed by atoms with van der Waals surface area (Å²) in [6.45, 7) is 3.12. The second-order valence-corrected chi connectivity index (χ2v) is 8.95. The Hall–Kier alpha value is -3.26. The second kappa shape index (κ2) is 8.83. The molecular weight excluding hydrogens is 469 g/mol. The molecule has 0 aromatic heterocycles. The Morgan fingerprint density at radius 3 is 2.53 bits per heavy atom. The largest absolute Gasteiger partial charge is 0.486 e. The second-order valence-electron chi connectivity index (χ2n) is 8.55. The van der Waals surface area contributed by atoms with Gasteiger partial charge < -0.3 is 9.64 Å². The maximum absolute atomic E-state index is 13.4. The number of hydrogen-bond acceptors (Lipinski definition) is 3. The van der Waals surface area contributed by atoms with Crippen molar-refractivity contribution in [2.24, 2.45) is 0 Å². The molecule has 0 spiro atoms. The van der Waals surface area contributed by atoms with Crippen molar-refractivity contribution >= 4 is 29.2 Å². The van der Waals surface area contributed by atoms with Gasteiger partial charge in [0.25, 0.3) is 5.91 Å². The molecule has 2 aromatic carbocycles. The van der Waals surface area contributed by atoms with Crippen molar-refractivity contribution in [3.05, 3.63) is 82.9 Å². The summed E-state index contributed by atoms with van der Waals surface area (Å²) in [5.41, 5.74) is -1.96. The van der Waals surface area contributed by atoms with E-state index in [1.54, 1.807) is 38.1 Å². The number of alkyl halides is 3. The Bertz CT molecular complexity index is 1190. The Morgan fingerprint density at radius 1 is 1.12 bits per heavy atom. The molecule has 34 heavy (non-hydrogen) atoms. The fourth-order valence-electron chi connectivity index (χ4n) is 3.90. The predicted molar refractivity (Wildman–Crippen MR) is 123 cm³/mol. The minimum absolute atomic E-state index is 0.0209. The first kappa shape index (κ1) is 23.9. The van der Waals surface area contributed by atoms with Gasteiger partial charge in [0.15, 0.2) is 0 Å². The number of anilines is 1. The molecule has 178 valence electrons. The molecule has 1 fully saturated rings. The number of allylic oxidation sites excluding steroid dienone is 2. The first-order chi connectivity index (χ1) is 16.0. The molecule has 1 aliphatic carbocycles. The number of carbonyl (C=O) groups excluding carboxylic acids is 2. The Kier molecular flexibility index (Phi) is 6.20. The molecule has 0 radical (unpaired) electrons. The maximum atomic E-state index is 13.4. The monoisotopic (exact) mass is 490 g/mol. The molecule has 1 unspecified atom stereocenters. The van der Waals surface area contributed by atoms with Gasteiger partial charge in [-0.1, -0.05) is 48.0 Å². The molecule has 0 N–H and O–H groups in total. The summed E-state index contributed by atoms with van der Waals surface area (Å²) >= 11 is 6.13. The summed E-state index contributed by atoms with van der Waals surface area (Å²) in [5, 5.41) is -0.131. The average Bonchev–Trinajstić information content (AvgIpc) is 2.95. The molecule has 1 aliphatic heterocycles. The topological polar surface area (TPSA) is 49.9 Å². The lowest BCUT2D eigenvalue weighted by atomic mass is 10.0. The predicted octanol–water partition coefficient (Wildman–Crippen LogP) is 6.37. The zero-order valence-corrected chi connectivity index (χ0v) is 19.2. The molecule has 9 heteroatoms. The summed E-state index contributed by atoms with van der Waals surface area (Å²) < 4.78 is 45.9. The van der Waals surface area contributed by atoms with E-state index in [4.69, 9.17) is 16.3 Å². The van der Waals surface area contributed by atoms with E-state index in [1.807, 2.05) is 24.3 Å². The molecule has 1 atom stereocenters. The maximum Gasteiger partial charge on any atom is 0.416 e. The first-order valence-electron chi connectivity index (χ1n) is 10.6. The summed E-state index contributed by atoms with van der Waals surface area (Å²) in [5.74, 6) is -0.114. The Morgan fingerprint density at radius 2 is 1.85 bits per heavy atom. The highest BCUT2D eigenvalue weighted by Gasteiger charge is 2.52. The summed E-state index contributed by atoms with van der Waals surface area (Å²) in [7, 11) is 0. The number of carbonyl (C=O) groups is 2. The van der Waals surface area contributed by atoms with E-state index in [2.05, 4.69) is 0 Å². The highest BCUT2D eigenvalue weighted by atomic mass is 35.5. The molecule has 0 bridgehead atoms. The van der Waals surface area contributed by atoms with Gasteiger partial charge in [-0.15, -0.1) is 0 Å². The van der Waals surface area contributed by atoms with Gasteiger partial charge in [-0.05, 0) is 44.2 Å². The zero-order valence-electron chi connectivity index (χ0n) is 18.5. The van der Waals surface area contributed by atoms with Gasteiger partial charge in [0.2, 0.25) is 0 Å². The minimum Gasteiger partial charge on any atom is -0.486 e. The summed E-state index contributed by atoms with van der Waals surface area (Å²) in [4.78, 5) is 28.6. The van der Waals surface area contributed by atoms with Crippen LogP contribution in [0.2, 0.25) is 5.02 Å². The molecule has 2 aromatic rings. The van der Waals surface area contributed by atoms with E-state index in [9.17, 15) is 22.8 Å². The van der Waals surface area contributed by atoms with Crippen LogP contribution in [0, 0.1) is 0 Å². The average molecular weight is 491 g/mol. The van der Waals surface area contributed by atoms with Crippen molar-refractivity contribution in [1.82, 2.24) is 4.90 Å². The number of rotatable bonds is 5. The van der Waals surface area contributed by atoms with E-state index in [-0.39, 0.29) is 23.4 Å². The molecule has 4 rings (SSSR count). The quantitative estimate of drug-likeness (QED) is 0.458. The van der Waals surface area contributed by atoms with Gasteiger partial charge in [-0.2, -0.15) is 13.2 Å². The summed E-state index contributed by atoms with van der Waals surface area (Å²) in [6.07, 6.45) is 3.59. The van der Waals surface area contributed by atoms with E-state index < -0.39 is 29.2 Å². The molecule has 1 saturated heterocycles. The van der Waals surface area contributed by atoms with Crippen LogP contribution in [-0.2, 0) is 17.5 Å². The van der Waals surface area contributed by atoms with Crippen LogP contribution < -0.4 is 9.64 Å². The SMILES string of the molecule is CC1(C)C(=O)N(c2cc(C(F)(F)F)ccc2Cl)C(=O)N1Cc1ccccc1OC1C=CC=CC1.